The summed E-state index contributed by atoms with van der Waals surface area (Å²) in [6.07, 6.45) is 6.10. The first-order valence-corrected chi connectivity index (χ1v) is 10.7. The van der Waals surface area contributed by atoms with Crippen molar-refractivity contribution in [2.24, 2.45) is 0 Å². The normalized spacial score (nSPS) is 17.1. The maximum atomic E-state index is 12.2. The highest BCUT2D eigenvalue weighted by molar-refractivity contribution is 5.72. The van der Waals surface area contributed by atoms with Crippen LogP contribution < -0.4 is 4.74 Å². The molecule has 1 atom stereocenters. The molecule has 4 heteroatoms. The molecule has 0 saturated heterocycles. The summed E-state index contributed by atoms with van der Waals surface area (Å²) in [5, 5.41) is 11.3. The fourth-order valence-electron chi connectivity index (χ4n) is 4.30. The van der Waals surface area contributed by atoms with Gasteiger partial charge in [-0.1, -0.05) is 61.7 Å². The Hall–Kier alpha value is -2.17. The molecule has 4 nitrogen and oxygen atoms in total. The molecule has 1 saturated carbocycles. The van der Waals surface area contributed by atoms with Gasteiger partial charge in [-0.15, -0.1) is 0 Å². The van der Waals surface area contributed by atoms with Crippen molar-refractivity contribution in [1.82, 2.24) is 4.90 Å². The fourth-order valence-corrected chi connectivity index (χ4v) is 4.30. The van der Waals surface area contributed by atoms with E-state index in [1.807, 2.05) is 68.7 Å². The van der Waals surface area contributed by atoms with E-state index >= 15 is 0 Å². The van der Waals surface area contributed by atoms with Gasteiger partial charge >= 0.3 is 5.97 Å². The van der Waals surface area contributed by atoms with E-state index in [0.717, 1.165) is 43.4 Å². The molecule has 0 amide bonds. The van der Waals surface area contributed by atoms with Gasteiger partial charge in [-0.2, -0.15) is 0 Å². The van der Waals surface area contributed by atoms with Gasteiger partial charge in [-0.25, -0.2) is 0 Å². The minimum absolute atomic E-state index is 0.0561. The van der Waals surface area contributed by atoms with E-state index in [2.05, 4.69) is 4.90 Å². The molecule has 1 aliphatic rings. The van der Waals surface area contributed by atoms with Crippen LogP contribution in [-0.2, 0) is 11.2 Å². The summed E-state index contributed by atoms with van der Waals surface area (Å²) >= 11 is 0. The second-order valence-electron chi connectivity index (χ2n) is 8.51. The highest BCUT2D eigenvalue weighted by atomic mass is 16.5. The molecule has 3 rings (SSSR count). The van der Waals surface area contributed by atoms with Crippen LogP contribution in [0.1, 0.15) is 55.6 Å². The second-order valence-corrected chi connectivity index (χ2v) is 8.51. The van der Waals surface area contributed by atoms with E-state index in [1.54, 1.807) is 0 Å². The number of esters is 1. The molecule has 1 N–H and O–H groups in total. The molecule has 156 valence electrons. The van der Waals surface area contributed by atoms with Gasteiger partial charge in [0.15, 0.2) is 0 Å². The maximum Gasteiger partial charge on any atom is 0.311 e. The third-order valence-corrected chi connectivity index (χ3v) is 5.89. The number of benzene rings is 2. The molecule has 0 heterocycles. The van der Waals surface area contributed by atoms with Gasteiger partial charge in [0.1, 0.15) is 5.75 Å². The molecular formula is C25H33NO3. The number of hydrogen-bond acceptors (Lipinski definition) is 4. The number of aryl methyl sites for hydroxylation is 1. The third kappa shape index (κ3) is 6.15. The van der Waals surface area contributed by atoms with E-state index in [1.165, 1.54) is 6.42 Å². The van der Waals surface area contributed by atoms with Crippen LogP contribution in [0.5, 0.6) is 5.75 Å². The van der Waals surface area contributed by atoms with Crippen molar-refractivity contribution in [1.29, 1.82) is 0 Å². The molecule has 0 aliphatic heterocycles. The summed E-state index contributed by atoms with van der Waals surface area (Å²) in [4.78, 5) is 14.3. The first kappa shape index (κ1) is 21.5. The van der Waals surface area contributed by atoms with Gasteiger partial charge in [-0.3, -0.25) is 4.79 Å². The van der Waals surface area contributed by atoms with E-state index in [4.69, 9.17) is 4.74 Å². The number of nitrogens with zero attached hydrogens (tertiary/aromatic N) is 1. The van der Waals surface area contributed by atoms with Crippen LogP contribution in [0.25, 0.3) is 0 Å². The van der Waals surface area contributed by atoms with Crippen LogP contribution >= 0.6 is 0 Å². The number of aliphatic hydroxyl groups is 1. The van der Waals surface area contributed by atoms with E-state index in [-0.39, 0.29) is 11.9 Å². The number of carbonyl (C=O) groups is 1. The van der Waals surface area contributed by atoms with E-state index < -0.39 is 5.60 Å². The Balaban J connectivity index is 1.63. The predicted octanol–water partition coefficient (Wildman–Crippen LogP) is 4.57. The van der Waals surface area contributed by atoms with Gasteiger partial charge in [0.2, 0.25) is 0 Å². The molecule has 0 spiro atoms. The molecule has 0 aromatic heterocycles. The summed E-state index contributed by atoms with van der Waals surface area (Å²) in [5.74, 6) is 0.393. The highest BCUT2D eigenvalue weighted by Gasteiger charge is 2.38. The van der Waals surface area contributed by atoms with Gasteiger partial charge in [-0.05, 0) is 56.6 Å². The van der Waals surface area contributed by atoms with Gasteiger partial charge in [0, 0.05) is 18.9 Å². The average molecular weight is 396 g/mol. The van der Waals surface area contributed by atoms with Crippen molar-refractivity contribution >= 4 is 5.97 Å². The first-order chi connectivity index (χ1) is 14.0. The summed E-state index contributed by atoms with van der Waals surface area (Å²) in [7, 11) is 4.09. The molecule has 1 aliphatic carbocycles. The monoisotopic (exact) mass is 395 g/mol. The van der Waals surface area contributed by atoms with Crippen molar-refractivity contribution in [3.63, 3.8) is 0 Å². The number of carbonyl (C=O) groups excluding carboxylic acids is 1. The lowest BCUT2D eigenvalue weighted by Gasteiger charge is -2.40. The first-order valence-electron chi connectivity index (χ1n) is 10.7. The number of ether oxygens (including phenoxy) is 1. The fraction of sp³-hybridized carbons (Fsp3) is 0.480. The molecule has 29 heavy (non-hydrogen) atoms. The Bertz CT molecular complexity index is 764. The van der Waals surface area contributed by atoms with Crippen molar-refractivity contribution < 1.29 is 14.6 Å². The van der Waals surface area contributed by atoms with Crippen LogP contribution in [0.3, 0.4) is 0 Å². The second kappa shape index (κ2) is 10.0. The quantitative estimate of drug-likeness (QED) is 0.526. The van der Waals surface area contributed by atoms with Gasteiger partial charge in [0.05, 0.1) is 5.60 Å². The highest BCUT2D eigenvalue weighted by Crippen LogP contribution is 2.40. The Morgan fingerprint density at radius 1 is 1.03 bits per heavy atom. The van der Waals surface area contributed by atoms with Crippen molar-refractivity contribution in [2.75, 3.05) is 20.6 Å². The van der Waals surface area contributed by atoms with Gasteiger partial charge in [0.25, 0.3) is 0 Å². The van der Waals surface area contributed by atoms with Crippen LogP contribution in [0.15, 0.2) is 54.6 Å². The molecule has 0 bridgehead atoms. The maximum absolute atomic E-state index is 12.2. The van der Waals surface area contributed by atoms with Crippen LogP contribution in [0, 0.1) is 0 Å². The lowest BCUT2D eigenvalue weighted by molar-refractivity contribution is -0.134. The molecule has 1 fully saturated rings. The van der Waals surface area contributed by atoms with Crippen molar-refractivity contribution in [3.8, 4) is 5.75 Å². The topological polar surface area (TPSA) is 49.8 Å². The van der Waals surface area contributed by atoms with Crippen LogP contribution in [0.2, 0.25) is 0 Å². The lowest BCUT2D eigenvalue weighted by atomic mass is 9.72. The van der Waals surface area contributed by atoms with Gasteiger partial charge < -0.3 is 14.7 Å². The number of rotatable bonds is 8. The Labute approximate surface area is 174 Å². The smallest absolute Gasteiger partial charge is 0.311 e. The minimum atomic E-state index is -0.656. The molecule has 2 aromatic rings. The standard InChI is InChI=1S/C25H33NO3/c1-26(2)19-23(25(28)17-7-4-8-18-25)21-12-14-22(15-13-21)29-24(27)16-11-20-9-5-3-6-10-20/h3,5-6,9-10,12-15,23,28H,4,7-8,11,16-19H2,1-2H3. The summed E-state index contributed by atoms with van der Waals surface area (Å²) in [6, 6.07) is 17.7. The zero-order chi connectivity index (χ0) is 20.7. The van der Waals surface area contributed by atoms with Crippen molar-refractivity contribution in [2.45, 2.75) is 56.5 Å². The lowest BCUT2D eigenvalue weighted by Crippen LogP contribution is -2.42. The Kier molecular flexibility index (Phi) is 7.45. The average Bonchev–Trinajstić information content (AvgIpc) is 2.72. The number of hydrogen-bond donors (Lipinski definition) is 1. The largest absolute Gasteiger partial charge is 0.427 e. The summed E-state index contributed by atoms with van der Waals surface area (Å²) in [5.41, 5.74) is 1.58. The van der Waals surface area contributed by atoms with Crippen LogP contribution in [-0.4, -0.2) is 42.2 Å². The zero-order valence-corrected chi connectivity index (χ0v) is 17.6. The SMILES string of the molecule is CN(C)CC(c1ccc(OC(=O)CCc2ccccc2)cc1)C1(O)CCCCC1. The number of likely N-dealkylation sites (N-methyl/N-ethyl adjacent to an activating group) is 1. The van der Waals surface area contributed by atoms with E-state index in [0.29, 0.717) is 18.6 Å². The Morgan fingerprint density at radius 3 is 2.31 bits per heavy atom. The van der Waals surface area contributed by atoms with Crippen LogP contribution in [0.4, 0.5) is 0 Å². The molecule has 0 radical (unpaired) electrons. The predicted molar refractivity (Wildman–Crippen MR) is 116 cm³/mol. The summed E-state index contributed by atoms with van der Waals surface area (Å²) in [6.45, 7) is 0.798. The molecular weight excluding hydrogens is 362 g/mol. The van der Waals surface area contributed by atoms with E-state index in [9.17, 15) is 9.90 Å². The molecule has 1 unspecified atom stereocenters. The Morgan fingerprint density at radius 2 is 1.69 bits per heavy atom. The summed E-state index contributed by atoms with van der Waals surface area (Å²) < 4.78 is 5.51. The third-order valence-electron chi connectivity index (χ3n) is 5.89. The molecule has 2 aromatic carbocycles. The zero-order valence-electron chi connectivity index (χ0n) is 17.6. The minimum Gasteiger partial charge on any atom is -0.427 e. The van der Waals surface area contributed by atoms with Crippen molar-refractivity contribution in [3.05, 3.63) is 65.7 Å².